The van der Waals surface area contributed by atoms with Gasteiger partial charge in [-0.15, -0.1) is 0 Å². The molecule has 1 aliphatic heterocycles. The Bertz CT molecular complexity index is 602. The van der Waals surface area contributed by atoms with Crippen LogP contribution in [0.1, 0.15) is 24.9 Å². The second-order valence-electron chi connectivity index (χ2n) is 5.77. The van der Waals surface area contributed by atoms with Crippen molar-refractivity contribution in [2.45, 2.75) is 25.4 Å². The molecule has 0 radical (unpaired) electrons. The predicted molar refractivity (Wildman–Crippen MR) is 89.2 cm³/mol. The summed E-state index contributed by atoms with van der Waals surface area (Å²) in [5, 5.41) is 3.57. The predicted octanol–water partition coefficient (Wildman–Crippen LogP) is 3.34. The highest BCUT2D eigenvalue weighted by molar-refractivity contribution is 5.52. The van der Waals surface area contributed by atoms with E-state index < -0.39 is 0 Å². The molecule has 1 fully saturated rings. The van der Waals surface area contributed by atoms with E-state index in [2.05, 4.69) is 52.5 Å². The summed E-state index contributed by atoms with van der Waals surface area (Å²) in [6, 6.07) is 15.5. The number of pyridine rings is 1. The van der Waals surface area contributed by atoms with Crippen molar-refractivity contribution in [3.63, 3.8) is 0 Å². The molecule has 4 heteroatoms. The number of nitrogens with zero attached hydrogens (tertiary/aromatic N) is 2. The van der Waals surface area contributed by atoms with Crippen molar-refractivity contribution < 1.29 is 4.74 Å². The van der Waals surface area contributed by atoms with Crippen LogP contribution in [0.5, 0.6) is 5.88 Å². The highest BCUT2D eigenvalue weighted by atomic mass is 16.5. The van der Waals surface area contributed by atoms with Crippen molar-refractivity contribution >= 4 is 5.69 Å². The maximum absolute atomic E-state index is 5.31. The van der Waals surface area contributed by atoms with E-state index >= 15 is 0 Å². The van der Waals surface area contributed by atoms with Crippen molar-refractivity contribution in [1.29, 1.82) is 0 Å². The van der Waals surface area contributed by atoms with Gasteiger partial charge in [0.15, 0.2) is 0 Å². The van der Waals surface area contributed by atoms with Crippen molar-refractivity contribution in [3.05, 3.63) is 54.2 Å². The maximum atomic E-state index is 5.31. The molecule has 1 N–H and O–H groups in total. The summed E-state index contributed by atoms with van der Waals surface area (Å²) in [6.45, 7) is 4.42. The van der Waals surface area contributed by atoms with E-state index in [1.807, 2.05) is 12.1 Å². The Labute approximate surface area is 132 Å². The number of rotatable bonds is 5. The molecule has 0 saturated carbocycles. The van der Waals surface area contributed by atoms with Crippen LogP contribution in [0.3, 0.4) is 0 Å². The molecule has 1 aromatic carbocycles. The molecule has 116 valence electrons. The van der Waals surface area contributed by atoms with Crippen LogP contribution in [-0.2, 0) is 0 Å². The lowest BCUT2D eigenvalue weighted by Gasteiger charge is -2.25. The number of benzene rings is 1. The van der Waals surface area contributed by atoms with Crippen LogP contribution in [0.4, 0.5) is 5.69 Å². The van der Waals surface area contributed by atoms with Gasteiger partial charge in [0.2, 0.25) is 5.88 Å². The van der Waals surface area contributed by atoms with Crippen LogP contribution in [-0.4, -0.2) is 36.1 Å². The number of ether oxygens (including phenoxy) is 1. The second-order valence-corrected chi connectivity index (χ2v) is 5.77. The third kappa shape index (κ3) is 3.22. The lowest BCUT2D eigenvalue weighted by Crippen LogP contribution is -2.28. The van der Waals surface area contributed by atoms with E-state index in [1.165, 1.54) is 5.56 Å². The van der Waals surface area contributed by atoms with Gasteiger partial charge in [-0.1, -0.05) is 30.3 Å². The molecule has 0 spiro atoms. The van der Waals surface area contributed by atoms with E-state index in [1.54, 1.807) is 13.3 Å². The van der Waals surface area contributed by atoms with Crippen molar-refractivity contribution in [2.75, 3.05) is 25.5 Å². The third-order valence-corrected chi connectivity index (χ3v) is 4.37. The highest BCUT2D eigenvalue weighted by Gasteiger charge is 2.27. The van der Waals surface area contributed by atoms with E-state index in [0.717, 1.165) is 25.2 Å². The van der Waals surface area contributed by atoms with Gasteiger partial charge in [0.05, 0.1) is 12.8 Å². The molecule has 22 heavy (non-hydrogen) atoms. The van der Waals surface area contributed by atoms with E-state index in [-0.39, 0.29) is 0 Å². The molecule has 2 atom stereocenters. The summed E-state index contributed by atoms with van der Waals surface area (Å²) in [6.07, 6.45) is 2.89. The first-order valence-electron chi connectivity index (χ1n) is 7.82. The maximum Gasteiger partial charge on any atom is 0.237 e. The van der Waals surface area contributed by atoms with Gasteiger partial charge in [0, 0.05) is 31.4 Å². The summed E-state index contributed by atoms with van der Waals surface area (Å²) in [7, 11) is 1.66. The molecule has 4 nitrogen and oxygen atoms in total. The Kier molecular flexibility index (Phi) is 4.59. The molecular weight excluding hydrogens is 274 g/mol. The van der Waals surface area contributed by atoms with Gasteiger partial charge in [-0.2, -0.15) is 0 Å². The van der Waals surface area contributed by atoms with Gasteiger partial charge in [0.25, 0.3) is 0 Å². The Morgan fingerprint density at radius 2 is 2.05 bits per heavy atom. The Morgan fingerprint density at radius 3 is 2.82 bits per heavy atom. The zero-order valence-electron chi connectivity index (χ0n) is 13.2. The Hall–Kier alpha value is -2.07. The van der Waals surface area contributed by atoms with Crippen molar-refractivity contribution in [1.82, 2.24) is 9.88 Å². The fraction of sp³-hybridized carbons (Fsp3) is 0.389. The van der Waals surface area contributed by atoms with E-state index in [0.29, 0.717) is 18.0 Å². The normalized spacial score (nSPS) is 19.8. The van der Waals surface area contributed by atoms with Gasteiger partial charge in [-0.05, 0) is 31.0 Å². The van der Waals surface area contributed by atoms with Crippen LogP contribution < -0.4 is 10.1 Å². The molecule has 2 aromatic rings. The van der Waals surface area contributed by atoms with Crippen LogP contribution in [0.2, 0.25) is 0 Å². The third-order valence-electron chi connectivity index (χ3n) is 4.37. The van der Waals surface area contributed by atoms with Gasteiger partial charge in [-0.25, -0.2) is 4.98 Å². The minimum absolute atomic E-state index is 0.435. The van der Waals surface area contributed by atoms with Gasteiger partial charge >= 0.3 is 0 Å². The molecule has 0 bridgehead atoms. The molecule has 1 saturated heterocycles. The number of methoxy groups -OCH3 is 1. The van der Waals surface area contributed by atoms with Crippen molar-refractivity contribution in [3.8, 4) is 5.88 Å². The number of likely N-dealkylation sites (tertiary alicyclic amines) is 1. The van der Waals surface area contributed by atoms with Crippen LogP contribution in [0, 0.1) is 0 Å². The van der Waals surface area contributed by atoms with Crippen molar-refractivity contribution in [2.24, 2.45) is 0 Å². The molecule has 2 heterocycles. The summed E-state index contributed by atoms with van der Waals surface area (Å²) in [4.78, 5) is 6.77. The lowest BCUT2D eigenvalue weighted by atomic mass is 10.1. The first-order valence-corrected chi connectivity index (χ1v) is 7.82. The largest absolute Gasteiger partial charge is 0.480 e. The van der Waals surface area contributed by atoms with Gasteiger partial charge in [0.1, 0.15) is 0 Å². The molecule has 1 aromatic heterocycles. The topological polar surface area (TPSA) is 37.4 Å². The van der Waals surface area contributed by atoms with E-state index in [4.69, 9.17) is 4.74 Å². The molecule has 0 amide bonds. The summed E-state index contributed by atoms with van der Waals surface area (Å²) in [5.41, 5.74) is 2.35. The summed E-state index contributed by atoms with van der Waals surface area (Å²) < 4.78 is 5.31. The van der Waals surface area contributed by atoms with Crippen LogP contribution in [0.15, 0.2) is 48.7 Å². The minimum Gasteiger partial charge on any atom is -0.480 e. The monoisotopic (exact) mass is 297 g/mol. The Balaban J connectivity index is 1.63. The summed E-state index contributed by atoms with van der Waals surface area (Å²) in [5.74, 6) is 0.664. The highest BCUT2D eigenvalue weighted by Crippen LogP contribution is 2.28. The average Bonchev–Trinajstić information content (AvgIpc) is 3.04. The number of hydrogen-bond acceptors (Lipinski definition) is 4. The fourth-order valence-corrected chi connectivity index (χ4v) is 3.08. The minimum atomic E-state index is 0.435. The van der Waals surface area contributed by atoms with Crippen LogP contribution in [0.25, 0.3) is 0 Å². The number of nitrogens with one attached hydrogen (secondary N) is 1. The molecule has 0 unspecified atom stereocenters. The fourth-order valence-electron chi connectivity index (χ4n) is 3.08. The number of aromatic nitrogens is 1. The zero-order valence-corrected chi connectivity index (χ0v) is 13.2. The zero-order chi connectivity index (χ0) is 15.4. The standard InChI is InChI=1S/C18H23N3O/c1-14(15-7-4-3-5-8-15)21-12-10-16(13-21)20-17-9-6-11-19-18(17)22-2/h3-9,11,14,16,20H,10,12-13H2,1-2H3/t14-,16+/m1/s1. The van der Waals surface area contributed by atoms with E-state index in [9.17, 15) is 0 Å². The molecule has 1 aliphatic rings. The SMILES string of the molecule is COc1ncccc1N[C@H]1CCN([C@H](C)c2ccccc2)C1. The van der Waals surface area contributed by atoms with Gasteiger partial charge in [-0.3, -0.25) is 4.90 Å². The lowest BCUT2D eigenvalue weighted by molar-refractivity contribution is 0.261. The van der Waals surface area contributed by atoms with Crippen LogP contribution >= 0.6 is 0 Å². The second kappa shape index (κ2) is 6.79. The first kappa shape index (κ1) is 14.9. The average molecular weight is 297 g/mol. The first-order chi connectivity index (χ1) is 10.8. The molecule has 3 rings (SSSR count). The Morgan fingerprint density at radius 1 is 1.23 bits per heavy atom. The number of hydrogen-bond donors (Lipinski definition) is 1. The molecule has 0 aliphatic carbocycles. The number of anilines is 1. The molecular formula is C18H23N3O. The quantitative estimate of drug-likeness (QED) is 0.918. The summed E-state index contributed by atoms with van der Waals surface area (Å²) >= 11 is 0. The van der Waals surface area contributed by atoms with Gasteiger partial charge < -0.3 is 10.1 Å². The smallest absolute Gasteiger partial charge is 0.237 e.